The smallest absolute Gasteiger partial charge is 0.309 e. The van der Waals surface area contributed by atoms with Gasteiger partial charge in [-0.1, -0.05) is 262 Å². The van der Waals surface area contributed by atoms with E-state index in [1.807, 2.05) is 6.08 Å². The predicted octanol–water partition coefficient (Wildman–Crippen LogP) is 21.5. The van der Waals surface area contributed by atoms with Crippen LogP contribution in [0.4, 0.5) is 0 Å². The normalized spacial score (nSPS) is 13.3. The molecule has 0 saturated heterocycles. The van der Waals surface area contributed by atoms with E-state index in [9.17, 15) is 14.4 Å². The molecule has 0 amide bonds. The Balaban J connectivity index is 4.55. The third-order valence-corrected chi connectivity index (χ3v) is 12.5. The molecule has 0 aromatic heterocycles. The second-order valence-corrected chi connectivity index (χ2v) is 19.9. The van der Waals surface area contributed by atoms with Crippen LogP contribution < -0.4 is 0 Å². The molecular formula is C72H112O6. The van der Waals surface area contributed by atoms with Crippen molar-refractivity contribution in [2.45, 2.75) is 252 Å². The van der Waals surface area contributed by atoms with E-state index in [4.69, 9.17) is 14.2 Å². The molecule has 78 heavy (non-hydrogen) atoms. The minimum Gasteiger partial charge on any atom is -0.462 e. The molecule has 1 atom stereocenters. The number of hydrogen-bond acceptors (Lipinski definition) is 6. The third-order valence-electron chi connectivity index (χ3n) is 12.5. The van der Waals surface area contributed by atoms with Crippen molar-refractivity contribution in [2.75, 3.05) is 13.2 Å². The van der Waals surface area contributed by atoms with E-state index in [1.165, 1.54) is 83.5 Å². The summed E-state index contributed by atoms with van der Waals surface area (Å²) in [5, 5.41) is 0. The number of esters is 3. The second-order valence-electron chi connectivity index (χ2n) is 19.9. The molecule has 0 fully saturated rings. The molecule has 0 heterocycles. The largest absolute Gasteiger partial charge is 0.462 e. The number of ether oxygens (including phenoxy) is 3. The fourth-order valence-corrected chi connectivity index (χ4v) is 7.88. The van der Waals surface area contributed by atoms with E-state index in [0.29, 0.717) is 6.42 Å². The Hall–Kier alpha value is -5.23. The van der Waals surface area contributed by atoms with Crippen LogP contribution in [0, 0.1) is 0 Å². The molecule has 0 N–H and O–H groups in total. The summed E-state index contributed by atoms with van der Waals surface area (Å²) in [6.07, 6.45) is 95.2. The lowest BCUT2D eigenvalue weighted by atomic mass is 10.1. The van der Waals surface area contributed by atoms with Gasteiger partial charge in [0.1, 0.15) is 13.2 Å². The molecule has 6 heteroatoms. The van der Waals surface area contributed by atoms with Gasteiger partial charge in [0.15, 0.2) is 6.10 Å². The lowest BCUT2D eigenvalue weighted by Crippen LogP contribution is -2.30. The molecule has 6 nitrogen and oxygen atoms in total. The summed E-state index contributed by atoms with van der Waals surface area (Å²) in [6.45, 7) is 6.27. The van der Waals surface area contributed by atoms with Gasteiger partial charge >= 0.3 is 17.9 Å². The molecule has 436 valence electrons. The maximum Gasteiger partial charge on any atom is 0.309 e. The third kappa shape index (κ3) is 61.6. The van der Waals surface area contributed by atoms with Crippen LogP contribution in [0.15, 0.2) is 170 Å². The fraction of sp³-hybridized carbons (Fsp3) is 0.569. The Kier molecular flexibility index (Phi) is 60.0. The van der Waals surface area contributed by atoms with E-state index >= 15 is 0 Å². The molecular weight excluding hydrogens is 961 g/mol. The molecule has 0 rings (SSSR count). The summed E-state index contributed by atoms with van der Waals surface area (Å²) in [5.74, 6) is -1.12. The van der Waals surface area contributed by atoms with Crippen molar-refractivity contribution in [3.05, 3.63) is 170 Å². The number of allylic oxidation sites excluding steroid dienone is 27. The molecule has 0 aliphatic heterocycles. The lowest BCUT2D eigenvalue weighted by molar-refractivity contribution is -0.166. The van der Waals surface area contributed by atoms with Gasteiger partial charge < -0.3 is 14.2 Å². The van der Waals surface area contributed by atoms with E-state index in [1.54, 1.807) is 6.08 Å². The Bertz CT molecular complexity index is 1810. The van der Waals surface area contributed by atoms with Crippen molar-refractivity contribution in [1.29, 1.82) is 0 Å². The van der Waals surface area contributed by atoms with Crippen LogP contribution >= 0.6 is 0 Å². The second kappa shape index (κ2) is 64.3. The maximum absolute atomic E-state index is 12.9. The zero-order chi connectivity index (χ0) is 56.4. The Morgan fingerprint density at radius 2 is 0.551 bits per heavy atom. The summed E-state index contributed by atoms with van der Waals surface area (Å²) < 4.78 is 16.7. The molecule has 0 bridgehead atoms. The van der Waals surface area contributed by atoms with E-state index in [-0.39, 0.29) is 44.4 Å². The van der Waals surface area contributed by atoms with Gasteiger partial charge in [0.2, 0.25) is 0 Å². The van der Waals surface area contributed by atoms with Gasteiger partial charge in [-0.15, -0.1) is 0 Å². The summed E-state index contributed by atoms with van der Waals surface area (Å²) in [4.78, 5) is 38.2. The van der Waals surface area contributed by atoms with Crippen LogP contribution in [0.3, 0.4) is 0 Å². The Morgan fingerprint density at radius 3 is 0.936 bits per heavy atom. The van der Waals surface area contributed by atoms with Gasteiger partial charge in [-0.3, -0.25) is 14.4 Å². The Labute approximate surface area is 479 Å². The first-order valence-corrected chi connectivity index (χ1v) is 31.1. The quantitative estimate of drug-likeness (QED) is 0.0261. The van der Waals surface area contributed by atoms with Crippen LogP contribution in [0.25, 0.3) is 0 Å². The molecule has 0 spiro atoms. The zero-order valence-electron chi connectivity index (χ0n) is 49.9. The van der Waals surface area contributed by atoms with Crippen LogP contribution in [-0.2, 0) is 28.6 Å². The van der Waals surface area contributed by atoms with Crippen molar-refractivity contribution < 1.29 is 28.6 Å². The monoisotopic (exact) mass is 1070 g/mol. The molecule has 0 aromatic rings. The average molecular weight is 1070 g/mol. The van der Waals surface area contributed by atoms with Crippen molar-refractivity contribution in [3.8, 4) is 0 Å². The number of unbranched alkanes of at least 4 members (excludes halogenated alkanes) is 16. The molecule has 0 radical (unpaired) electrons. The van der Waals surface area contributed by atoms with Gasteiger partial charge in [-0.2, -0.15) is 0 Å². The lowest BCUT2D eigenvalue weighted by Gasteiger charge is -2.18. The highest BCUT2D eigenvalue weighted by molar-refractivity contribution is 5.72. The molecule has 0 aromatic carbocycles. The van der Waals surface area contributed by atoms with Gasteiger partial charge in [-0.05, 0) is 135 Å². The fourth-order valence-electron chi connectivity index (χ4n) is 7.88. The predicted molar refractivity (Wildman–Crippen MR) is 338 cm³/mol. The van der Waals surface area contributed by atoms with E-state index in [2.05, 4.69) is 179 Å². The summed E-state index contributed by atoms with van der Waals surface area (Å²) >= 11 is 0. The SMILES string of the molecule is CC/C=C\C/C=C\C/C=C\C/C=C\C/C=C\C/C=C\C/C=C\C/C=C\CCCCC(=O)OCC(COC(=O)C/C=C\C/C=C\C/C=C\C/C=C\C/C=C\CC)OC(=O)CCCCCCCCC/C=C\CCCCCCCCC. The van der Waals surface area contributed by atoms with Crippen molar-refractivity contribution >= 4 is 17.9 Å². The maximum atomic E-state index is 12.9. The first-order chi connectivity index (χ1) is 38.5. The van der Waals surface area contributed by atoms with Gasteiger partial charge in [0.25, 0.3) is 0 Å². The highest BCUT2D eigenvalue weighted by atomic mass is 16.6. The molecule has 0 aliphatic carbocycles. The number of rotatable bonds is 54. The van der Waals surface area contributed by atoms with Crippen molar-refractivity contribution in [1.82, 2.24) is 0 Å². The highest BCUT2D eigenvalue weighted by Gasteiger charge is 2.19. The molecule has 0 saturated carbocycles. The minimum absolute atomic E-state index is 0.110. The minimum atomic E-state index is -0.848. The number of carbonyl (C=O) groups is 3. The van der Waals surface area contributed by atoms with Gasteiger partial charge in [0.05, 0.1) is 6.42 Å². The van der Waals surface area contributed by atoms with Gasteiger partial charge in [0, 0.05) is 12.8 Å². The van der Waals surface area contributed by atoms with Crippen molar-refractivity contribution in [3.63, 3.8) is 0 Å². The summed E-state index contributed by atoms with van der Waals surface area (Å²) in [5.41, 5.74) is 0. The van der Waals surface area contributed by atoms with Crippen LogP contribution in [0.1, 0.15) is 245 Å². The standard InChI is InChI=1S/C72H112O6/c1-4-7-10-13-16-19-22-25-28-30-32-33-34-35-36-37-38-39-40-42-44-47-50-53-56-59-62-65-71(74)77-68-69(67-76-70(73)64-61-58-55-52-49-46-43-27-24-21-18-15-12-9-6-3)78-72(75)66-63-60-57-54-51-48-45-41-31-29-26-23-20-17-14-11-8-5-2/h7,9-10,12,16,18-19,21,25,27-29,31-33,35-36,38-39,42-44,49-50,52-53,58,61,69H,4-6,8,11,13-15,17,20,22-24,26,30,34,37,40-41,45-48,51,54-57,59-60,62-68H2,1-3H3/b10-7-,12-9-,19-16-,21-18-,28-25-,31-29-,33-32-,36-35-,39-38-,43-27-,44-42-,52-49-,53-50-,61-58-. The zero-order valence-corrected chi connectivity index (χ0v) is 49.9. The molecule has 1 unspecified atom stereocenters. The first kappa shape index (κ1) is 72.8. The Morgan fingerprint density at radius 1 is 0.282 bits per heavy atom. The van der Waals surface area contributed by atoms with E-state index in [0.717, 1.165) is 116 Å². The van der Waals surface area contributed by atoms with E-state index < -0.39 is 12.1 Å². The topological polar surface area (TPSA) is 78.9 Å². The average Bonchev–Trinajstić information content (AvgIpc) is 3.44. The van der Waals surface area contributed by atoms with Crippen LogP contribution in [-0.4, -0.2) is 37.2 Å². The highest BCUT2D eigenvalue weighted by Crippen LogP contribution is 2.13. The summed E-state index contributed by atoms with van der Waals surface area (Å²) in [7, 11) is 0. The summed E-state index contributed by atoms with van der Waals surface area (Å²) in [6, 6.07) is 0. The first-order valence-electron chi connectivity index (χ1n) is 31.1. The van der Waals surface area contributed by atoms with Gasteiger partial charge in [-0.25, -0.2) is 0 Å². The van der Waals surface area contributed by atoms with Crippen LogP contribution in [0.5, 0.6) is 0 Å². The number of carbonyl (C=O) groups excluding carboxylic acids is 3. The molecule has 0 aliphatic rings. The van der Waals surface area contributed by atoms with Crippen molar-refractivity contribution in [2.24, 2.45) is 0 Å². The number of hydrogen-bond donors (Lipinski definition) is 0. The van der Waals surface area contributed by atoms with Crippen LogP contribution in [0.2, 0.25) is 0 Å².